The van der Waals surface area contributed by atoms with E-state index in [0.29, 0.717) is 18.7 Å². The Morgan fingerprint density at radius 1 is 1.06 bits per heavy atom. The minimum atomic E-state index is -0.826. The lowest BCUT2D eigenvalue weighted by atomic mass is 10.0. The average molecular weight is 465 g/mol. The van der Waals surface area contributed by atoms with Crippen LogP contribution in [0.3, 0.4) is 0 Å². The largest absolute Gasteiger partial charge is 0.493 e. The molecule has 1 aromatic rings. The lowest BCUT2D eigenvalue weighted by Crippen LogP contribution is -2.50. The summed E-state index contributed by atoms with van der Waals surface area (Å²) in [5, 5.41) is 2.67. The third kappa shape index (κ3) is 6.59. The van der Waals surface area contributed by atoms with Crippen LogP contribution in [0.5, 0.6) is 11.5 Å². The van der Waals surface area contributed by atoms with Gasteiger partial charge in [-0.05, 0) is 26.2 Å². The van der Waals surface area contributed by atoms with Gasteiger partial charge in [0.1, 0.15) is 6.04 Å². The molecule has 0 aliphatic carbocycles. The fraction of sp³-hybridized carbons (Fsp3) is 0.565. The van der Waals surface area contributed by atoms with E-state index in [4.69, 9.17) is 18.9 Å². The molecule has 2 amide bonds. The fourth-order valence-corrected chi connectivity index (χ4v) is 3.43. The first-order valence-corrected chi connectivity index (χ1v) is 10.9. The SMILES string of the molecule is CCOC(=O)C1CCCCN1C(=O)COC(=O)c1cc(OC)c(OC)cc1NC(=O)C(C)C. The fourth-order valence-electron chi connectivity index (χ4n) is 3.43. The third-order valence-corrected chi connectivity index (χ3v) is 5.23. The summed E-state index contributed by atoms with van der Waals surface area (Å²) >= 11 is 0. The molecule has 1 unspecified atom stereocenters. The smallest absolute Gasteiger partial charge is 0.340 e. The molecule has 1 heterocycles. The molecule has 0 radical (unpaired) electrons. The number of piperidine rings is 1. The number of nitrogens with one attached hydrogen (secondary N) is 1. The van der Waals surface area contributed by atoms with Crippen molar-refractivity contribution in [1.29, 1.82) is 0 Å². The van der Waals surface area contributed by atoms with Crippen molar-refractivity contribution < 1.29 is 38.1 Å². The van der Waals surface area contributed by atoms with E-state index >= 15 is 0 Å². The molecule has 2 rings (SSSR count). The van der Waals surface area contributed by atoms with Gasteiger partial charge in [0.05, 0.1) is 32.1 Å². The maximum Gasteiger partial charge on any atom is 0.340 e. The van der Waals surface area contributed by atoms with Crippen molar-refractivity contribution in [1.82, 2.24) is 4.90 Å². The molecule has 0 aromatic heterocycles. The van der Waals surface area contributed by atoms with Gasteiger partial charge >= 0.3 is 11.9 Å². The number of carbonyl (C=O) groups excluding carboxylic acids is 4. The van der Waals surface area contributed by atoms with Gasteiger partial charge < -0.3 is 29.2 Å². The summed E-state index contributed by atoms with van der Waals surface area (Å²) in [6, 6.07) is 2.15. The van der Waals surface area contributed by atoms with Crippen LogP contribution in [-0.4, -0.2) is 68.7 Å². The first-order chi connectivity index (χ1) is 15.7. The van der Waals surface area contributed by atoms with Gasteiger partial charge in [-0.15, -0.1) is 0 Å². The van der Waals surface area contributed by atoms with Gasteiger partial charge in [0.25, 0.3) is 5.91 Å². The lowest BCUT2D eigenvalue weighted by molar-refractivity contribution is -0.157. The zero-order valence-corrected chi connectivity index (χ0v) is 19.8. The maximum absolute atomic E-state index is 12.9. The van der Waals surface area contributed by atoms with Crippen molar-refractivity contribution in [2.24, 2.45) is 5.92 Å². The Hall–Kier alpha value is -3.30. The van der Waals surface area contributed by atoms with Gasteiger partial charge in [-0.3, -0.25) is 9.59 Å². The molecular formula is C23H32N2O8. The first-order valence-electron chi connectivity index (χ1n) is 10.9. The maximum atomic E-state index is 12.9. The average Bonchev–Trinajstić information content (AvgIpc) is 2.81. The monoisotopic (exact) mass is 464 g/mol. The van der Waals surface area contributed by atoms with Crippen LogP contribution >= 0.6 is 0 Å². The van der Waals surface area contributed by atoms with E-state index in [1.54, 1.807) is 20.8 Å². The minimum Gasteiger partial charge on any atom is -0.493 e. The lowest BCUT2D eigenvalue weighted by Gasteiger charge is -2.33. The van der Waals surface area contributed by atoms with Crippen LogP contribution in [0.4, 0.5) is 5.69 Å². The van der Waals surface area contributed by atoms with Gasteiger partial charge in [0, 0.05) is 24.6 Å². The van der Waals surface area contributed by atoms with Gasteiger partial charge in [-0.1, -0.05) is 13.8 Å². The van der Waals surface area contributed by atoms with Crippen LogP contribution in [0.1, 0.15) is 50.4 Å². The number of benzene rings is 1. The number of ether oxygens (including phenoxy) is 4. The second-order valence-electron chi connectivity index (χ2n) is 7.82. The quantitative estimate of drug-likeness (QED) is 0.553. The van der Waals surface area contributed by atoms with Crippen molar-refractivity contribution in [3.63, 3.8) is 0 Å². The standard InChI is InChI=1S/C23H32N2O8/c1-6-32-23(29)17-9-7-8-10-25(17)20(26)13-33-22(28)15-11-18(30-4)19(31-5)12-16(15)24-21(27)14(2)3/h11-12,14,17H,6-10,13H2,1-5H3,(H,24,27). The molecule has 0 spiro atoms. The number of rotatable bonds is 9. The molecule has 10 heteroatoms. The van der Waals surface area contributed by atoms with Gasteiger partial charge in [-0.25, -0.2) is 9.59 Å². The molecule has 1 aliphatic rings. The van der Waals surface area contributed by atoms with Gasteiger partial charge in [-0.2, -0.15) is 0 Å². The Kier molecular flexibility index (Phi) is 9.50. The molecule has 10 nitrogen and oxygen atoms in total. The summed E-state index contributed by atoms with van der Waals surface area (Å²) < 4.78 is 20.8. The predicted molar refractivity (Wildman–Crippen MR) is 119 cm³/mol. The van der Waals surface area contributed by atoms with Crippen molar-refractivity contribution in [2.75, 3.05) is 39.3 Å². The van der Waals surface area contributed by atoms with Crippen LogP contribution in [0.25, 0.3) is 0 Å². The molecule has 1 aromatic carbocycles. The zero-order valence-electron chi connectivity index (χ0n) is 19.8. The topological polar surface area (TPSA) is 120 Å². The Morgan fingerprint density at radius 2 is 1.73 bits per heavy atom. The number of esters is 2. The highest BCUT2D eigenvalue weighted by Gasteiger charge is 2.33. The highest BCUT2D eigenvalue weighted by Crippen LogP contribution is 2.34. The highest BCUT2D eigenvalue weighted by atomic mass is 16.5. The van der Waals surface area contributed by atoms with E-state index in [9.17, 15) is 19.2 Å². The van der Waals surface area contributed by atoms with Crippen molar-refractivity contribution in [2.45, 2.75) is 46.1 Å². The summed E-state index contributed by atoms with van der Waals surface area (Å²) in [6.07, 6.45) is 2.05. The molecule has 0 saturated carbocycles. The van der Waals surface area contributed by atoms with Crippen molar-refractivity contribution in [3.05, 3.63) is 17.7 Å². The summed E-state index contributed by atoms with van der Waals surface area (Å²) in [6.45, 7) is 5.17. The second-order valence-corrected chi connectivity index (χ2v) is 7.82. The van der Waals surface area contributed by atoms with E-state index in [1.807, 2.05) is 0 Å². The van der Waals surface area contributed by atoms with E-state index in [1.165, 1.54) is 31.3 Å². The van der Waals surface area contributed by atoms with Gasteiger partial charge in [0.15, 0.2) is 18.1 Å². The van der Waals surface area contributed by atoms with Crippen LogP contribution < -0.4 is 14.8 Å². The summed E-state index contributed by atoms with van der Waals surface area (Å²) in [5.74, 6) is -1.84. The Balaban J connectivity index is 2.20. The first kappa shape index (κ1) is 26.0. The predicted octanol–water partition coefficient (Wildman–Crippen LogP) is 2.40. The summed E-state index contributed by atoms with van der Waals surface area (Å²) in [7, 11) is 2.84. The molecule has 182 valence electrons. The number of methoxy groups -OCH3 is 2. The molecule has 1 aliphatic heterocycles. The molecule has 33 heavy (non-hydrogen) atoms. The van der Waals surface area contributed by atoms with Gasteiger partial charge in [0.2, 0.25) is 5.91 Å². The number of hydrogen-bond acceptors (Lipinski definition) is 8. The third-order valence-electron chi connectivity index (χ3n) is 5.23. The van der Waals surface area contributed by atoms with Crippen molar-refractivity contribution >= 4 is 29.4 Å². The molecule has 1 atom stereocenters. The van der Waals surface area contributed by atoms with Crippen LogP contribution in [0, 0.1) is 5.92 Å². The van der Waals surface area contributed by atoms with E-state index in [2.05, 4.69) is 5.32 Å². The number of amides is 2. The van der Waals surface area contributed by atoms with E-state index in [-0.39, 0.29) is 35.4 Å². The van der Waals surface area contributed by atoms with Crippen LogP contribution in [-0.2, 0) is 23.9 Å². The number of hydrogen-bond donors (Lipinski definition) is 1. The summed E-state index contributed by atoms with van der Waals surface area (Å²) in [5.41, 5.74) is 0.182. The minimum absolute atomic E-state index is 0.00929. The number of anilines is 1. The molecule has 1 fully saturated rings. The summed E-state index contributed by atoms with van der Waals surface area (Å²) in [4.78, 5) is 51.4. The number of carbonyl (C=O) groups is 4. The Labute approximate surface area is 193 Å². The molecule has 1 saturated heterocycles. The molecule has 1 N–H and O–H groups in total. The van der Waals surface area contributed by atoms with Crippen LogP contribution in [0.2, 0.25) is 0 Å². The number of nitrogens with zero attached hydrogens (tertiary/aromatic N) is 1. The normalized spacial score (nSPS) is 15.6. The second kappa shape index (κ2) is 12.1. The van der Waals surface area contributed by atoms with E-state index in [0.717, 1.165) is 12.8 Å². The van der Waals surface area contributed by atoms with Crippen LogP contribution in [0.15, 0.2) is 12.1 Å². The van der Waals surface area contributed by atoms with Crippen molar-refractivity contribution in [3.8, 4) is 11.5 Å². The molecular weight excluding hydrogens is 432 g/mol. The Bertz CT molecular complexity index is 883. The highest BCUT2D eigenvalue weighted by molar-refractivity contribution is 6.03. The Morgan fingerprint density at radius 3 is 2.33 bits per heavy atom. The number of likely N-dealkylation sites (tertiary alicyclic amines) is 1. The van der Waals surface area contributed by atoms with E-state index < -0.39 is 30.5 Å². The molecule has 0 bridgehead atoms. The zero-order chi connectivity index (χ0) is 24.5.